The maximum absolute atomic E-state index is 11.8. The van der Waals surface area contributed by atoms with Gasteiger partial charge in [-0.15, -0.1) is 0 Å². The van der Waals surface area contributed by atoms with Gasteiger partial charge in [0, 0.05) is 5.56 Å². The zero-order chi connectivity index (χ0) is 13.3. The fraction of sp³-hybridized carbons (Fsp3) is 0.333. The van der Waals surface area contributed by atoms with Crippen LogP contribution in [-0.2, 0) is 9.53 Å². The predicted octanol–water partition coefficient (Wildman–Crippen LogP) is 1.39. The van der Waals surface area contributed by atoms with Crippen molar-refractivity contribution in [3.63, 3.8) is 0 Å². The lowest BCUT2D eigenvalue weighted by Crippen LogP contribution is -2.05. The summed E-state index contributed by atoms with van der Waals surface area (Å²) < 4.78 is 15.2. The molecule has 0 spiro atoms. The molecule has 6 nitrogen and oxygen atoms in total. The number of carbonyl (C=O) groups excluding carboxylic acids is 1. The van der Waals surface area contributed by atoms with Gasteiger partial charge in [0.25, 0.3) is 0 Å². The Labute approximate surface area is 103 Å². The van der Waals surface area contributed by atoms with Gasteiger partial charge in [0.2, 0.25) is 0 Å². The lowest BCUT2D eigenvalue weighted by molar-refractivity contribution is -0.139. The number of cyclic esters (lactones) is 1. The molecule has 1 aliphatic rings. The van der Waals surface area contributed by atoms with Crippen LogP contribution in [0.25, 0.3) is 0 Å². The first-order valence-corrected chi connectivity index (χ1v) is 5.26. The monoisotopic (exact) mass is 252 g/mol. The number of hydrogen-bond donors (Lipinski definition) is 1. The molecule has 1 atom stereocenters. The highest BCUT2D eigenvalue weighted by molar-refractivity contribution is 5.98. The van der Waals surface area contributed by atoms with Crippen molar-refractivity contribution >= 4 is 11.9 Å². The van der Waals surface area contributed by atoms with Crippen molar-refractivity contribution in [2.45, 2.75) is 12.5 Å². The topological polar surface area (TPSA) is 82.1 Å². The van der Waals surface area contributed by atoms with Crippen LogP contribution in [0.2, 0.25) is 0 Å². The van der Waals surface area contributed by atoms with Gasteiger partial charge in [-0.25, -0.2) is 4.79 Å². The van der Waals surface area contributed by atoms with E-state index in [4.69, 9.17) is 19.3 Å². The highest BCUT2D eigenvalue weighted by atomic mass is 16.6. The Balaban J connectivity index is 2.50. The van der Waals surface area contributed by atoms with Crippen molar-refractivity contribution in [3.05, 3.63) is 23.3 Å². The summed E-state index contributed by atoms with van der Waals surface area (Å²) in [6.45, 7) is 0. The third kappa shape index (κ3) is 1.85. The Morgan fingerprint density at radius 1 is 1.39 bits per heavy atom. The lowest BCUT2D eigenvalue weighted by atomic mass is 10.0. The molecule has 0 bridgehead atoms. The summed E-state index contributed by atoms with van der Waals surface area (Å²) >= 11 is 0. The van der Waals surface area contributed by atoms with E-state index in [1.807, 2.05) is 0 Å². The predicted molar refractivity (Wildman–Crippen MR) is 60.0 cm³/mol. The van der Waals surface area contributed by atoms with E-state index in [0.29, 0.717) is 11.3 Å². The Kier molecular flexibility index (Phi) is 3.10. The van der Waals surface area contributed by atoms with Crippen molar-refractivity contribution in [3.8, 4) is 11.5 Å². The van der Waals surface area contributed by atoms with Gasteiger partial charge in [-0.2, -0.15) is 0 Å². The average Bonchev–Trinajstić information content (AvgIpc) is 2.64. The van der Waals surface area contributed by atoms with Crippen molar-refractivity contribution < 1.29 is 28.9 Å². The molecular weight excluding hydrogens is 240 g/mol. The minimum atomic E-state index is -1.03. The summed E-state index contributed by atoms with van der Waals surface area (Å²) in [5.41, 5.74) is 0.753. The molecule has 1 aromatic carbocycles. The van der Waals surface area contributed by atoms with Crippen LogP contribution in [0.4, 0.5) is 0 Å². The largest absolute Gasteiger partial charge is 0.493 e. The number of hydrogen-bond acceptors (Lipinski definition) is 5. The van der Waals surface area contributed by atoms with Crippen molar-refractivity contribution in [2.75, 3.05) is 14.2 Å². The Bertz CT molecular complexity index is 508. The molecule has 18 heavy (non-hydrogen) atoms. The molecule has 1 aliphatic heterocycles. The van der Waals surface area contributed by atoms with Crippen molar-refractivity contribution in [2.24, 2.45) is 0 Å². The zero-order valence-electron chi connectivity index (χ0n) is 9.93. The first kappa shape index (κ1) is 12.2. The van der Waals surface area contributed by atoms with Crippen LogP contribution < -0.4 is 9.47 Å². The third-order valence-corrected chi connectivity index (χ3v) is 2.74. The lowest BCUT2D eigenvalue weighted by Gasteiger charge is -2.10. The van der Waals surface area contributed by atoms with E-state index in [1.165, 1.54) is 14.2 Å². The second-order valence-electron chi connectivity index (χ2n) is 3.76. The highest BCUT2D eigenvalue weighted by Gasteiger charge is 2.36. The fourth-order valence-corrected chi connectivity index (χ4v) is 1.98. The number of benzene rings is 1. The molecule has 0 unspecified atom stereocenters. The maximum Gasteiger partial charge on any atom is 0.343 e. The van der Waals surface area contributed by atoms with Crippen LogP contribution in [0.15, 0.2) is 12.1 Å². The number of fused-ring (bicyclic) bond motifs is 1. The molecule has 1 heterocycles. The minimum Gasteiger partial charge on any atom is -0.493 e. The molecule has 0 radical (unpaired) electrons. The first-order valence-electron chi connectivity index (χ1n) is 5.26. The Morgan fingerprint density at radius 2 is 2.11 bits per heavy atom. The van der Waals surface area contributed by atoms with Crippen molar-refractivity contribution in [1.29, 1.82) is 0 Å². The summed E-state index contributed by atoms with van der Waals surface area (Å²) in [4.78, 5) is 22.5. The van der Waals surface area contributed by atoms with Crippen LogP contribution in [0, 0.1) is 0 Å². The quantitative estimate of drug-likeness (QED) is 0.815. The SMILES string of the molecule is COc1ccc2c(c1OC)C(=O)O[C@@H]2CC(=O)O. The zero-order valence-corrected chi connectivity index (χ0v) is 9.93. The molecule has 6 heteroatoms. The van der Waals surface area contributed by atoms with Gasteiger partial charge < -0.3 is 19.3 Å². The van der Waals surface area contributed by atoms with Gasteiger partial charge in [-0.05, 0) is 6.07 Å². The molecule has 0 amide bonds. The van der Waals surface area contributed by atoms with E-state index in [1.54, 1.807) is 12.1 Å². The van der Waals surface area contributed by atoms with Gasteiger partial charge in [0.1, 0.15) is 11.7 Å². The van der Waals surface area contributed by atoms with E-state index in [-0.39, 0.29) is 17.7 Å². The van der Waals surface area contributed by atoms with E-state index >= 15 is 0 Å². The van der Waals surface area contributed by atoms with Crippen LogP contribution in [0.1, 0.15) is 28.4 Å². The standard InChI is InChI=1S/C12H12O6/c1-16-7-4-3-6-8(5-9(13)14)18-12(15)10(6)11(7)17-2/h3-4,8H,5H2,1-2H3,(H,13,14)/t8-/m1/s1. The van der Waals surface area contributed by atoms with E-state index in [9.17, 15) is 9.59 Å². The average molecular weight is 252 g/mol. The summed E-state index contributed by atoms with van der Waals surface area (Å²) in [5, 5.41) is 8.77. The molecule has 1 N–H and O–H groups in total. The maximum atomic E-state index is 11.8. The minimum absolute atomic E-state index is 0.239. The second-order valence-corrected chi connectivity index (χ2v) is 3.76. The van der Waals surface area contributed by atoms with Gasteiger partial charge in [0.05, 0.1) is 20.6 Å². The molecule has 96 valence electrons. The Morgan fingerprint density at radius 3 is 2.67 bits per heavy atom. The molecule has 0 saturated carbocycles. The molecule has 0 saturated heterocycles. The number of carbonyl (C=O) groups is 2. The van der Waals surface area contributed by atoms with Crippen LogP contribution >= 0.6 is 0 Å². The number of aliphatic carboxylic acids is 1. The second kappa shape index (κ2) is 4.56. The van der Waals surface area contributed by atoms with Crippen LogP contribution in [0.5, 0.6) is 11.5 Å². The summed E-state index contributed by atoms with van der Waals surface area (Å²) in [6, 6.07) is 3.24. The third-order valence-electron chi connectivity index (χ3n) is 2.74. The smallest absolute Gasteiger partial charge is 0.343 e. The number of carboxylic acid groups (broad SMARTS) is 1. The summed E-state index contributed by atoms with van der Waals surface area (Å²) in [5.74, 6) is -0.945. The normalized spacial score (nSPS) is 17.0. The number of rotatable bonds is 4. The van der Waals surface area contributed by atoms with E-state index in [0.717, 1.165) is 0 Å². The number of ether oxygens (including phenoxy) is 3. The van der Waals surface area contributed by atoms with Gasteiger partial charge in [-0.3, -0.25) is 4.79 Å². The highest BCUT2D eigenvalue weighted by Crippen LogP contribution is 2.42. The molecule has 0 aliphatic carbocycles. The molecule has 0 aromatic heterocycles. The van der Waals surface area contributed by atoms with Gasteiger partial charge >= 0.3 is 11.9 Å². The van der Waals surface area contributed by atoms with Crippen LogP contribution in [0.3, 0.4) is 0 Å². The first-order chi connectivity index (χ1) is 8.58. The fourth-order valence-electron chi connectivity index (χ4n) is 1.98. The number of carboxylic acids is 1. The summed E-state index contributed by atoms with van der Waals surface area (Å²) in [7, 11) is 2.87. The molecular formula is C12H12O6. The molecule has 1 aromatic rings. The molecule has 0 fully saturated rings. The molecule has 2 rings (SSSR count). The van der Waals surface area contributed by atoms with Crippen molar-refractivity contribution in [1.82, 2.24) is 0 Å². The Hall–Kier alpha value is -2.24. The number of esters is 1. The van der Waals surface area contributed by atoms with E-state index in [2.05, 4.69) is 0 Å². The van der Waals surface area contributed by atoms with Crippen LogP contribution in [-0.4, -0.2) is 31.3 Å². The number of methoxy groups -OCH3 is 2. The van der Waals surface area contributed by atoms with Gasteiger partial charge in [0.15, 0.2) is 11.5 Å². The summed E-state index contributed by atoms with van der Waals surface area (Å²) in [6.07, 6.45) is -1.04. The van der Waals surface area contributed by atoms with E-state index < -0.39 is 18.0 Å². The van der Waals surface area contributed by atoms with Gasteiger partial charge in [-0.1, -0.05) is 6.07 Å².